The second-order valence-corrected chi connectivity index (χ2v) is 10.5. The lowest BCUT2D eigenvalue weighted by Crippen LogP contribution is -2.54. The highest BCUT2D eigenvalue weighted by atomic mass is 35.5. The summed E-state index contributed by atoms with van der Waals surface area (Å²) in [7, 11) is 0. The zero-order valence-electron chi connectivity index (χ0n) is 20.9. The first-order valence-corrected chi connectivity index (χ1v) is 13.5. The molecule has 0 aromatic heterocycles. The molecule has 0 bridgehead atoms. The van der Waals surface area contributed by atoms with Crippen molar-refractivity contribution in [1.29, 1.82) is 0 Å². The van der Waals surface area contributed by atoms with Crippen molar-refractivity contribution in [2.45, 2.75) is 69.6 Å². The first-order valence-electron chi connectivity index (χ1n) is 13.1. The largest absolute Gasteiger partial charge is 0.465 e. The molecule has 2 fully saturated rings. The van der Waals surface area contributed by atoms with Crippen molar-refractivity contribution in [3.63, 3.8) is 0 Å². The van der Waals surface area contributed by atoms with Gasteiger partial charge in [0.2, 0.25) is 0 Å². The highest BCUT2D eigenvalue weighted by Gasteiger charge is 2.33. The Kier molecular flexibility index (Phi) is 11.6. The molecule has 2 aliphatic rings. The predicted octanol–water partition coefficient (Wildman–Crippen LogP) is 3.75. The van der Waals surface area contributed by atoms with Crippen LogP contribution in [0.25, 0.3) is 0 Å². The van der Waals surface area contributed by atoms with Crippen LogP contribution in [0.5, 0.6) is 0 Å². The van der Waals surface area contributed by atoms with Crippen molar-refractivity contribution < 1.29 is 24.5 Å². The fourth-order valence-corrected chi connectivity index (χ4v) is 5.68. The predicted molar refractivity (Wildman–Crippen MR) is 139 cm³/mol. The first kappa shape index (κ1) is 28.5. The molecular formula is C26H41ClN4O5. The van der Waals surface area contributed by atoms with Gasteiger partial charge in [0, 0.05) is 37.1 Å². The maximum absolute atomic E-state index is 13.3. The minimum absolute atomic E-state index is 0.0176. The van der Waals surface area contributed by atoms with E-state index in [0.29, 0.717) is 24.0 Å². The van der Waals surface area contributed by atoms with Gasteiger partial charge in [-0.2, -0.15) is 0 Å². The van der Waals surface area contributed by atoms with Gasteiger partial charge < -0.3 is 36.2 Å². The summed E-state index contributed by atoms with van der Waals surface area (Å²) in [6.07, 6.45) is 6.13. The van der Waals surface area contributed by atoms with E-state index in [1.54, 1.807) is 11.0 Å². The molecular weight excluding hydrogens is 484 g/mol. The van der Waals surface area contributed by atoms with Gasteiger partial charge in [-0.15, -0.1) is 0 Å². The van der Waals surface area contributed by atoms with Crippen molar-refractivity contribution in [1.82, 2.24) is 15.5 Å². The number of carbonyl (C=O) groups is 2. The Morgan fingerprint density at radius 3 is 2.67 bits per heavy atom. The van der Waals surface area contributed by atoms with Crippen molar-refractivity contribution in [2.75, 3.05) is 32.8 Å². The number of carboxylic acid groups (broad SMARTS) is 1. The van der Waals surface area contributed by atoms with Gasteiger partial charge in [0.1, 0.15) is 0 Å². The van der Waals surface area contributed by atoms with E-state index in [4.69, 9.17) is 27.2 Å². The third-order valence-corrected chi connectivity index (χ3v) is 7.59. The Hall–Kier alpha value is -2.07. The summed E-state index contributed by atoms with van der Waals surface area (Å²) < 4.78 is 6.14. The summed E-state index contributed by atoms with van der Waals surface area (Å²) in [6.45, 7) is 1.60. The van der Waals surface area contributed by atoms with E-state index in [-0.39, 0.29) is 43.8 Å². The number of nitrogens with two attached hydrogens (primary N) is 1. The molecule has 1 aromatic rings. The van der Waals surface area contributed by atoms with E-state index < -0.39 is 12.2 Å². The van der Waals surface area contributed by atoms with E-state index in [2.05, 4.69) is 10.6 Å². The van der Waals surface area contributed by atoms with Crippen LogP contribution in [0, 0.1) is 11.8 Å². The molecule has 0 radical (unpaired) electrons. The van der Waals surface area contributed by atoms with Crippen LogP contribution >= 0.6 is 11.6 Å². The van der Waals surface area contributed by atoms with Crippen molar-refractivity contribution >= 4 is 23.7 Å². The minimum atomic E-state index is -1.10. The number of piperidine rings is 1. The second-order valence-electron chi connectivity index (χ2n) is 10.0. The smallest absolute Gasteiger partial charge is 0.404 e. The van der Waals surface area contributed by atoms with Gasteiger partial charge >= 0.3 is 12.1 Å². The lowest BCUT2D eigenvalue weighted by atomic mass is 9.83. The van der Waals surface area contributed by atoms with E-state index in [9.17, 15) is 14.7 Å². The molecule has 0 spiro atoms. The van der Waals surface area contributed by atoms with Crippen molar-refractivity contribution in [3.8, 4) is 0 Å². The molecule has 2 unspecified atom stereocenters. The number of benzene rings is 1. The molecule has 202 valence electrons. The van der Waals surface area contributed by atoms with Gasteiger partial charge in [0.05, 0.1) is 24.9 Å². The molecule has 6 N–H and O–H groups in total. The molecule has 1 saturated carbocycles. The van der Waals surface area contributed by atoms with Crippen LogP contribution in [0.4, 0.5) is 9.59 Å². The summed E-state index contributed by atoms with van der Waals surface area (Å²) >= 11 is 6.24. The number of halogens is 1. The molecule has 1 saturated heterocycles. The normalized spacial score (nSPS) is 21.4. The number of hydrogen-bond donors (Lipinski definition) is 5. The molecule has 9 nitrogen and oxygen atoms in total. The number of ether oxygens (including phenoxy) is 1. The number of aliphatic hydroxyl groups excluding tert-OH is 1. The number of nitrogens with zero attached hydrogens (tertiary/aromatic N) is 1. The quantitative estimate of drug-likeness (QED) is 0.280. The topological polar surface area (TPSA) is 137 Å². The summed E-state index contributed by atoms with van der Waals surface area (Å²) in [6, 6.07) is 6.90. The van der Waals surface area contributed by atoms with E-state index in [1.165, 1.54) is 19.3 Å². The fraction of sp³-hybridized carbons (Fsp3) is 0.692. The molecule has 1 aliphatic carbocycles. The maximum Gasteiger partial charge on any atom is 0.404 e. The van der Waals surface area contributed by atoms with Crippen LogP contribution in [0.1, 0.15) is 63.0 Å². The number of hydrogen-bond acceptors (Lipinski definition) is 5. The van der Waals surface area contributed by atoms with E-state index >= 15 is 0 Å². The number of amides is 3. The fourth-order valence-electron chi connectivity index (χ4n) is 5.48. The molecule has 3 rings (SSSR count). The SMILES string of the molecule is NCC(O)C(CC1CCCCC1)NC(=O)N1CCC[C@@H]([C@@H](OCCNC(=O)O)c2cccc(Cl)c2)C1. The summed E-state index contributed by atoms with van der Waals surface area (Å²) in [4.78, 5) is 25.9. The molecule has 1 aliphatic heterocycles. The Morgan fingerprint density at radius 2 is 1.97 bits per heavy atom. The molecule has 3 amide bonds. The highest BCUT2D eigenvalue weighted by Crippen LogP contribution is 2.34. The van der Waals surface area contributed by atoms with Crippen LogP contribution < -0.4 is 16.4 Å². The Bertz CT molecular complexity index is 838. The molecule has 1 aromatic carbocycles. The van der Waals surface area contributed by atoms with Crippen LogP contribution in [0.2, 0.25) is 5.02 Å². The van der Waals surface area contributed by atoms with Gasteiger partial charge in [-0.25, -0.2) is 9.59 Å². The van der Waals surface area contributed by atoms with Crippen LogP contribution in [0.3, 0.4) is 0 Å². The molecule has 36 heavy (non-hydrogen) atoms. The molecule has 4 atom stereocenters. The standard InChI is InChI=1S/C26H41ClN4O5/c27-21-10-4-8-19(15-21)24(36-13-11-29-26(34)35)20-9-5-12-31(17-20)25(33)30-22(23(32)16-28)14-18-6-2-1-3-7-18/h4,8,10,15,18,20,22-24,29,32H,1-3,5-7,9,11-14,16-17,28H2,(H,30,33)(H,34,35)/t20-,22?,23?,24+/m1/s1. The number of rotatable bonds is 11. The molecule has 10 heteroatoms. The van der Waals surface area contributed by atoms with Gasteiger partial charge in [0.25, 0.3) is 0 Å². The van der Waals surface area contributed by atoms with E-state index in [0.717, 1.165) is 37.7 Å². The highest BCUT2D eigenvalue weighted by molar-refractivity contribution is 6.30. The Balaban J connectivity index is 1.65. The average Bonchev–Trinajstić information content (AvgIpc) is 2.88. The second kappa shape index (κ2) is 14.6. The Morgan fingerprint density at radius 1 is 1.19 bits per heavy atom. The van der Waals surface area contributed by atoms with Crippen LogP contribution in [-0.4, -0.2) is 72.2 Å². The zero-order chi connectivity index (χ0) is 25.9. The number of carbonyl (C=O) groups excluding carboxylic acids is 1. The number of aliphatic hydroxyl groups is 1. The first-order chi connectivity index (χ1) is 17.4. The monoisotopic (exact) mass is 524 g/mol. The van der Waals surface area contributed by atoms with Gasteiger partial charge in [-0.1, -0.05) is 55.8 Å². The Labute approximate surface area is 218 Å². The maximum atomic E-state index is 13.3. The summed E-state index contributed by atoms with van der Waals surface area (Å²) in [5.41, 5.74) is 6.66. The van der Waals surface area contributed by atoms with Gasteiger partial charge in [0.15, 0.2) is 0 Å². The lowest BCUT2D eigenvalue weighted by Gasteiger charge is -2.38. The third kappa shape index (κ3) is 8.80. The van der Waals surface area contributed by atoms with Gasteiger partial charge in [-0.05, 0) is 42.9 Å². The van der Waals surface area contributed by atoms with Crippen molar-refractivity contribution in [3.05, 3.63) is 34.9 Å². The lowest BCUT2D eigenvalue weighted by molar-refractivity contribution is -0.00888. The van der Waals surface area contributed by atoms with Crippen molar-refractivity contribution in [2.24, 2.45) is 17.6 Å². The number of urea groups is 1. The average molecular weight is 525 g/mol. The van der Waals surface area contributed by atoms with Crippen LogP contribution in [-0.2, 0) is 4.74 Å². The zero-order valence-corrected chi connectivity index (χ0v) is 21.7. The molecule has 1 heterocycles. The minimum Gasteiger partial charge on any atom is -0.465 e. The number of nitrogens with one attached hydrogen (secondary N) is 2. The van der Waals surface area contributed by atoms with Crippen LogP contribution in [0.15, 0.2) is 24.3 Å². The summed E-state index contributed by atoms with van der Waals surface area (Å²) in [5.74, 6) is 0.517. The summed E-state index contributed by atoms with van der Waals surface area (Å²) in [5, 5.41) is 25.4. The van der Waals surface area contributed by atoms with E-state index in [1.807, 2.05) is 18.2 Å². The number of likely N-dealkylation sites (tertiary alicyclic amines) is 1. The van der Waals surface area contributed by atoms with Gasteiger partial charge in [-0.3, -0.25) is 0 Å². The third-order valence-electron chi connectivity index (χ3n) is 7.35.